The van der Waals surface area contributed by atoms with Gasteiger partial charge < -0.3 is 19.2 Å². The van der Waals surface area contributed by atoms with E-state index in [-0.39, 0.29) is 49.1 Å². The summed E-state index contributed by atoms with van der Waals surface area (Å²) in [6, 6.07) is 3.11. The molecule has 1 atom stereocenters. The zero-order valence-electron chi connectivity index (χ0n) is 13.7. The maximum atomic E-state index is 13.8. The standard InChI is InChI=1S/C17H16F2N2O5/c18-10-1-2-11(12(19)7-10)13-8-20-15(26-13)3-4-16(22)21-5-6-25-14(9-21)17(23)24/h1-2,7-8,14H,3-6,9H2,(H,23,24). The van der Waals surface area contributed by atoms with Crippen LogP contribution in [0.3, 0.4) is 0 Å². The molecule has 7 nitrogen and oxygen atoms in total. The van der Waals surface area contributed by atoms with Crippen molar-refractivity contribution >= 4 is 11.9 Å². The minimum Gasteiger partial charge on any atom is -0.479 e. The Kier molecular flexibility index (Phi) is 5.27. The summed E-state index contributed by atoms with van der Waals surface area (Å²) in [5, 5.41) is 8.95. The quantitative estimate of drug-likeness (QED) is 0.868. The molecule has 1 aliphatic rings. The van der Waals surface area contributed by atoms with Crippen LogP contribution in [0.2, 0.25) is 0 Å². The van der Waals surface area contributed by atoms with Crippen molar-refractivity contribution in [1.29, 1.82) is 0 Å². The number of rotatable bonds is 5. The Bertz CT molecular complexity index is 823. The third kappa shape index (κ3) is 4.05. The highest BCUT2D eigenvalue weighted by molar-refractivity contribution is 5.78. The second-order valence-corrected chi connectivity index (χ2v) is 5.78. The second kappa shape index (κ2) is 7.61. The molecule has 26 heavy (non-hydrogen) atoms. The van der Waals surface area contributed by atoms with Gasteiger partial charge in [0, 0.05) is 25.5 Å². The molecule has 2 aromatic rings. The zero-order valence-corrected chi connectivity index (χ0v) is 13.7. The predicted octanol–water partition coefficient (Wildman–Crippen LogP) is 1.86. The summed E-state index contributed by atoms with van der Waals surface area (Å²) in [6.07, 6.45) is 0.530. The van der Waals surface area contributed by atoms with Crippen LogP contribution in [0.25, 0.3) is 11.3 Å². The van der Waals surface area contributed by atoms with E-state index in [1.54, 1.807) is 0 Å². The molecule has 9 heteroatoms. The number of amides is 1. The molecule has 138 valence electrons. The number of oxazole rings is 1. The van der Waals surface area contributed by atoms with Gasteiger partial charge in [-0.1, -0.05) is 0 Å². The van der Waals surface area contributed by atoms with Gasteiger partial charge in [0.1, 0.15) is 11.6 Å². The first-order chi connectivity index (χ1) is 12.4. The van der Waals surface area contributed by atoms with E-state index in [0.717, 1.165) is 12.1 Å². The number of hydrogen-bond acceptors (Lipinski definition) is 5. The number of hydrogen-bond donors (Lipinski definition) is 1. The van der Waals surface area contributed by atoms with E-state index < -0.39 is 23.7 Å². The lowest BCUT2D eigenvalue weighted by atomic mass is 10.2. The Morgan fingerprint density at radius 1 is 1.35 bits per heavy atom. The Morgan fingerprint density at radius 3 is 2.88 bits per heavy atom. The highest BCUT2D eigenvalue weighted by atomic mass is 19.1. The number of aliphatic carboxylic acids is 1. The predicted molar refractivity (Wildman–Crippen MR) is 84.1 cm³/mol. The van der Waals surface area contributed by atoms with E-state index in [9.17, 15) is 18.4 Å². The summed E-state index contributed by atoms with van der Waals surface area (Å²) in [7, 11) is 0. The highest BCUT2D eigenvalue weighted by Gasteiger charge is 2.28. The second-order valence-electron chi connectivity index (χ2n) is 5.78. The lowest BCUT2D eigenvalue weighted by Gasteiger charge is -2.30. The number of carboxylic acid groups (broad SMARTS) is 1. The lowest BCUT2D eigenvalue weighted by molar-refractivity contribution is -0.159. The molecule has 0 saturated carbocycles. The summed E-state index contributed by atoms with van der Waals surface area (Å²) < 4.78 is 37.2. The van der Waals surface area contributed by atoms with Crippen LogP contribution in [-0.4, -0.2) is 52.7 Å². The van der Waals surface area contributed by atoms with Crippen molar-refractivity contribution in [2.24, 2.45) is 0 Å². The Morgan fingerprint density at radius 2 is 2.15 bits per heavy atom. The van der Waals surface area contributed by atoms with Crippen molar-refractivity contribution in [3.8, 4) is 11.3 Å². The normalized spacial score (nSPS) is 17.3. The fourth-order valence-electron chi connectivity index (χ4n) is 2.64. The van der Waals surface area contributed by atoms with Crippen LogP contribution < -0.4 is 0 Å². The van der Waals surface area contributed by atoms with Gasteiger partial charge in [-0.3, -0.25) is 4.79 Å². The van der Waals surface area contributed by atoms with Crippen molar-refractivity contribution in [2.45, 2.75) is 18.9 Å². The molecule has 1 aromatic carbocycles. The number of carbonyl (C=O) groups excluding carboxylic acids is 1. The number of benzene rings is 1. The average molecular weight is 366 g/mol. The molecule has 1 N–H and O–H groups in total. The maximum Gasteiger partial charge on any atom is 0.334 e. The number of carboxylic acids is 1. The first-order valence-corrected chi connectivity index (χ1v) is 7.96. The molecule has 1 aromatic heterocycles. The van der Waals surface area contributed by atoms with Crippen LogP contribution >= 0.6 is 0 Å². The minimum atomic E-state index is -1.11. The summed E-state index contributed by atoms with van der Waals surface area (Å²) in [5.74, 6) is -2.44. The number of morpholine rings is 1. The monoisotopic (exact) mass is 366 g/mol. The van der Waals surface area contributed by atoms with E-state index >= 15 is 0 Å². The Balaban J connectivity index is 1.59. The van der Waals surface area contributed by atoms with Crippen LogP contribution in [0, 0.1) is 11.6 Å². The highest BCUT2D eigenvalue weighted by Crippen LogP contribution is 2.24. The largest absolute Gasteiger partial charge is 0.479 e. The summed E-state index contributed by atoms with van der Waals surface area (Å²) in [4.78, 5) is 28.6. The van der Waals surface area contributed by atoms with Crippen molar-refractivity contribution in [1.82, 2.24) is 9.88 Å². The van der Waals surface area contributed by atoms with Crippen LogP contribution in [0.1, 0.15) is 12.3 Å². The molecule has 0 radical (unpaired) electrons. The maximum absolute atomic E-state index is 13.8. The Labute approximate surface area is 147 Å². The summed E-state index contributed by atoms with van der Waals surface area (Å²) in [5.41, 5.74) is 0.0777. The Hall–Kier alpha value is -2.81. The van der Waals surface area contributed by atoms with Crippen LogP contribution in [0.4, 0.5) is 8.78 Å². The fourth-order valence-corrected chi connectivity index (χ4v) is 2.64. The van der Waals surface area contributed by atoms with Crippen LogP contribution in [0.15, 0.2) is 28.8 Å². The summed E-state index contributed by atoms with van der Waals surface area (Å²) in [6.45, 7) is 0.474. The summed E-state index contributed by atoms with van der Waals surface area (Å²) >= 11 is 0. The lowest BCUT2D eigenvalue weighted by Crippen LogP contribution is -2.48. The first kappa shape index (κ1) is 18.0. The number of carbonyl (C=O) groups is 2. The van der Waals surface area contributed by atoms with Crippen LogP contribution in [-0.2, 0) is 20.7 Å². The van der Waals surface area contributed by atoms with Crippen molar-refractivity contribution < 1.29 is 32.6 Å². The van der Waals surface area contributed by atoms with Crippen molar-refractivity contribution in [3.63, 3.8) is 0 Å². The number of aryl methyl sites for hydroxylation is 1. The van der Waals surface area contributed by atoms with Gasteiger partial charge in [-0.15, -0.1) is 0 Å². The van der Waals surface area contributed by atoms with E-state index in [4.69, 9.17) is 14.3 Å². The van der Waals surface area contributed by atoms with E-state index in [2.05, 4.69) is 4.98 Å². The minimum absolute atomic E-state index is 0.00814. The molecule has 0 aliphatic carbocycles. The number of nitrogens with zero attached hydrogens (tertiary/aromatic N) is 2. The third-order valence-corrected chi connectivity index (χ3v) is 4.00. The SMILES string of the molecule is O=C(O)C1CN(C(=O)CCc2ncc(-c3ccc(F)cc3F)o2)CCO1. The number of ether oxygens (including phenoxy) is 1. The van der Waals surface area contributed by atoms with Gasteiger partial charge in [0.2, 0.25) is 5.91 Å². The number of halogens is 2. The molecule has 1 saturated heterocycles. The molecule has 1 aliphatic heterocycles. The van der Waals surface area contributed by atoms with E-state index in [0.29, 0.717) is 6.54 Å². The molecular weight excluding hydrogens is 350 g/mol. The van der Waals surface area contributed by atoms with Gasteiger partial charge in [-0.2, -0.15) is 0 Å². The van der Waals surface area contributed by atoms with Crippen molar-refractivity contribution in [3.05, 3.63) is 41.9 Å². The molecular formula is C17H16F2N2O5. The molecule has 3 rings (SSSR count). The van der Waals surface area contributed by atoms with Gasteiger partial charge in [-0.25, -0.2) is 18.6 Å². The molecule has 0 bridgehead atoms. The molecule has 0 spiro atoms. The fraction of sp³-hybridized carbons (Fsp3) is 0.353. The molecule has 2 heterocycles. The molecule has 1 fully saturated rings. The van der Waals surface area contributed by atoms with E-state index in [1.807, 2.05) is 0 Å². The first-order valence-electron chi connectivity index (χ1n) is 7.96. The van der Waals surface area contributed by atoms with Gasteiger partial charge in [0.15, 0.2) is 17.8 Å². The van der Waals surface area contributed by atoms with Crippen molar-refractivity contribution in [2.75, 3.05) is 19.7 Å². The van der Waals surface area contributed by atoms with Gasteiger partial charge in [0.25, 0.3) is 0 Å². The average Bonchev–Trinajstić information content (AvgIpc) is 3.08. The van der Waals surface area contributed by atoms with Gasteiger partial charge in [0.05, 0.1) is 24.9 Å². The number of aromatic nitrogens is 1. The molecule has 1 unspecified atom stereocenters. The van der Waals surface area contributed by atoms with Gasteiger partial charge in [-0.05, 0) is 12.1 Å². The van der Waals surface area contributed by atoms with Crippen LogP contribution in [0.5, 0.6) is 0 Å². The van der Waals surface area contributed by atoms with E-state index in [1.165, 1.54) is 17.2 Å². The topological polar surface area (TPSA) is 92.9 Å². The zero-order chi connectivity index (χ0) is 18.7. The molecule has 1 amide bonds. The van der Waals surface area contributed by atoms with Gasteiger partial charge >= 0.3 is 5.97 Å². The third-order valence-electron chi connectivity index (χ3n) is 4.00. The smallest absolute Gasteiger partial charge is 0.334 e.